The van der Waals surface area contributed by atoms with Gasteiger partial charge >= 0.3 is 0 Å². The van der Waals surface area contributed by atoms with Crippen LogP contribution in [0.2, 0.25) is 0 Å². The van der Waals surface area contributed by atoms with Crippen LogP contribution in [0.3, 0.4) is 0 Å². The van der Waals surface area contributed by atoms with Crippen molar-refractivity contribution in [3.8, 4) is 0 Å². The Bertz CT molecular complexity index is 846. The number of halogens is 2. The molecule has 7 nitrogen and oxygen atoms in total. The van der Waals surface area contributed by atoms with Crippen molar-refractivity contribution in [3.63, 3.8) is 0 Å². The number of unbranched alkanes of at least 4 members (excludes halogenated alkanes) is 1. The van der Waals surface area contributed by atoms with Gasteiger partial charge < -0.3 is 20.4 Å². The van der Waals surface area contributed by atoms with E-state index >= 15 is 0 Å². The Hall–Kier alpha value is -2.55. The summed E-state index contributed by atoms with van der Waals surface area (Å²) in [5, 5.41) is 6.40. The van der Waals surface area contributed by atoms with E-state index in [4.69, 9.17) is 0 Å². The highest BCUT2D eigenvalue weighted by Gasteiger charge is 2.35. The predicted molar refractivity (Wildman–Crippen MR) is 120 cm³/mol. The van der Waals surface area contributed by atoms with Gasteiger partial charge in [0.25, 0.3) is 0 Å². The van der Waals surface area contributed by atoms with Gasteiger partial charge in [-0.2, -0.15) is 0 Å². The van der Waals surface area contributed by atoms with Crippen molar-refractivity contribution in [2.75, 3.05) is 32.7 Å². The maximum Gasteiger partial charge on any atom is 0.225 e. The molecule has 0 spiro atoms. The third-order valence-electron chi connectivity index (χ3n) is 6.39. The van der Waals surface area contributed by atoms with Crippen molar-refractivity contribution >= 4 is 17.7 Å². The number of nitrogens with zero attached hydrogens (tertiary/aromatic N) is 2. The van der Waals surface area contributed by atoms with Gasteiger partial charge in [0.05, 0.1) is 5.92 Å². The first-order chi connectivity index (χ1) is 15.7. The second-order valence-electron chi connectivity index (χ2n) is 9.13. The van der Waals surface area contributed by atoms with E-state index in [2.05, 4.69) is 17.6 Å². The number of piperazine rings is 1. The Labute approximate surface area is 193 Å². The standard InChI is InChI=1S/C24H34F2N4O3/c1-3-4-6-30-14-18(11-23(30)32)24(33)28-21(10-17-8-19(25)12-20(26)9-17)13-22-15-29(16(2)31)7-5-27-22/h8-9,12,18,21-22,27H,3-7,10-11,13-15H2,1-2H3,(H,28,33)/t18?,21?,22-/m0/s1. The Morgan fingerprint density at radius 2 is 1.94 bits per heavy atom. The SMILES string of the molecule is CCCCN1CC(C(=O)NC(Cc2cc(F)cc(F)c2)C[C@H]2CN(C(C)=O)CCN2)CC1=O. The van der Waals surface area contributed by atoms with Gasteiger partial charge in [0.2, 0.25) is 17.7 Å². The van der Waals surface area contributed by atoms with Crippen molar-refractivity contribution in [1.29, 1.82) is 0 Å². The van der Waals surface area contributed by atoms with Crippen LogP contribution in [0.1, 0.15) is 45.1 Å². The minimum atomic E-state index is -0.665. The highest BCUT2D eigenvalue weighted by Crippen LogP contribution is 2.20. The first-order valence-electron chi connectivity index (χ1n) is 11.8. The smallest absolute Gasteiger partial charge is 0.225 e. The molecule has 3 amide bonds. The fraction of sp³-hybridized carbons (Fsp3) is 0.625. The molecule has 9 heteroatoms. The number of carbonyl (C=O) groups excluding carboxylic acids is 3. The number of nitrogens with one attached hydrogen (secondary N) is 2. The highest BCUT2D eigenvalue weighted by atomic mass is 19.1. The number of benzene rings is 1. The van der Waals surface area contributed by atoms with Gasteiger partial charge in [-0.05, 0) is 37.0 Å². The molecule has 2 saturated heterocycles. The first-order valence-corrected chi connectivity index (χ1v) is 11.8. The van der Waals surface area contributed by atoms with Gasteiger partial charge in [-0.15, -0.1) is 0 Å². The molecule has 0 bridgehead atoms. The third kappa shape index (κ3) is 7.22. The van der Waals surface area contributed by atoms with E-state index in [1.807, 2.05) is 0 Å². The second-order valence-corrected chi connectivity index (χ2v) is 9.13. The fourth-order valence-electron chi connectivity index (χ4n) is 4.65. The molecule has 0 saturated carbocycles. The molecule has 3 atom stereocenters. The lowest BCUT2D eigenvalue weighted by Gasteiger charge is -2.35. The molecule has 3 rings (SSSR count). The van der Waals surface area contributed by atoms with E-state index in [0.717, 1.165) is 18.9 Å². The lowest BCUT2D eigenvalue weighted by molar-refractivity contribution is -0.130. The zero-order valence-corrected chi connectivity index (χ0v) is 19.4. The molecule has 2 aliphatic heterocycles. The van der Waals surface area contributed by atoms with E-state index in [1.54, 1.807) is 9.80 Å². The molecule has 0 aliphatic carbocycles. The molecule has 2 aliphatic rings. The van der Waals surface area contributed by atoms with Crippen LogP contribution in [0.15, 0.2) is 18.2 Å². The summed E-state index contributed by atoms with van der Waals surface area (Å²) in [4.78, 5) is 40.6. The number of hydrogen-bond acceptors (Lipinski definition) is 4. The largest absolute Gasteiger partial charge is 0.353 e. The number of rotatable bonds is 9. The summed E-state index contributed by atoms with van der Waals surface area (Å²) in [6, 6.07) is 2.90. The van der Waals surface area contributed by atoms with Crippen molar-refractivity contribution in [2.45, 2.75) is 58.0 Å². The second kappa shape index (κ2) is 11.5. The third-order valence-corrected chi connectivity index (χ3v) is 6.39. The van der Waals surface area contributed by atoms with Crippen molar-refractivity contribution in [1.82, 2.24) is 20.4 Å². The Morgan fingerprint density at radius 3 is 2.61 bits per heavy atom. The maximum absolute atomic E-state index is 13.7. The Morgan fingerprint density at radius 1 is 1.21 bits per heavy atom. The van der Waals surface area contributed by atoms with Crippen molar-refractivity contribution in [3.05, 3.63) is 35.4 Å². The molecule has 33 heavy (non-hydrogen) atoms. The predicted octanol–water partition coefficient (Wildman–Crippen LogP) is 1.85. The molecular weight excluding hydrogens is 430 g/mol. The lowest BCUT2D eigenvalue weighted by atomic mass is 9.96. The van der Waals surface area contributed by atoms with E-state index in [-0.39, 0.29) is 36.6 Å². The van der Waals surface area contributed by atoms with Gasteiger partial charge in [-0.25, -0.2) is 8.78 Å². The van der Waals surface area contributed by atoms with Gasteiger partial charge in [0.15, 0.2) is 0 Å². The van der Waals surface area contributed by atoms with Crippen LogP contribution in [0, 0.1) is 17.6 Å². The molecule has 2 fully saturated rings. The molecule has 2 heterocycles. The van der Waals surface area contributed by atoms with Crippen LogP contribution in [0.25, 0.3) is 0 Å². The summed E-state index contributed by atoms with van der Waals surface area (Å²) in [5.41, 5.74) is 0.448. The number of hydrogen-bond donors (Lipinski definition) is 2. The van der Waals surface area contributed by atoms with Gasteiger partial charge in [0, 0.05) is 64.2 Å². The maximum atomic E-state index is 13.7. The minimum Gasteiger partial charge on any atom is -0.353 e. The van der Waals surface area contributed by atoms with Crippen LogP contribution in [0.5, 0.6) is 0 Å². The molecule has 0 aromatic heterocycles. The topological polar surface area (TPSA) is 81.8 Å². The normalized spacial score (nSPS) is 21.9. The zero-order chi connectivity index (χ0) is 24.0. The molecule has 2 N–H and O–H groups in total. The Balaban J connectivity index is 1.69. The van der Waals surface area contributed by atoms with Crippen molar-refractivity contribution in [2.24, 2.45) is 5.92 Å². The monoisotopic (exact) mass is 464 g/mol. The van der Waals surface area contributed by atoms with E-state index < -0.39 is 23.6 Å². The van der Waals surface area contributed by atoms with E-state index in [9.17, 15) is 23.2 Å². The minimum absolute atomic E-state index is 0.00840. The van der Waals surface area contributed by atoms with Gasteiger partial charge in [-0.1, -0.05) is 13.3 Å². The highest BCUT2D eigenvalue weighted by molar-refractivity contribution is 5.89. The van der Waals surface area contributed by atoms with Crippen LogP contribution in [-0.4, -0.2) is 72.3 Å². The number of carbonyl (C=O) groups is 3. The quantitative estimate of drug-likeness (QED) is 0.585. The summed E-state index contributed by atoms with van der Waals surface area (Å²) in [7, 11) is 0. The van der Waals surface area contributed by atoms with Crippen LogP contribution in [0.4, 0.5) is 8.78 Å². The molecule has 0 radical (unpaired) electrons. The average molecular weight is 465 g/mol. The summed E-state index contributed by atoms with van der Waals surface area (Å²) >= 11 is 0. The summed E-state index contributed by atoms with van der Waals surface area (Å²) in [6.07, 6.45) is 2.79. The van der Waals surface area contributed by atoms with Gasteiger partial charge in [0.1, 0.15) is 11.6 Å². The number of amides is 3. The molecule has 2 unspecified atom stereocenters. The van der Waals surface area contributed by atoms with Crippen LogP contribution < -0.4 is 10.6 Å². The van der Waals surface area contributed by atoms with E-state index in [1.165, 1.54) is 19.1 Å². The molecule has 1 aromatic rings. The summed E-state index contributed by atoms with van der Waals surface area (Å²) in [5.74, 6) is -2.01. The molecular formula is C24H34F2N4O3. The summed E-state index contributed by atoms with van der Waals surface area (Å²) < 4.78 is 27.5. The van der Waals surface area contributed by atoms with Gasteiger partial charge in [-0.3, -0.25) is 14.4 Å². The molecule has 182 valence electrons. The fourth-order valence-corrected chi connectivity index (χ4v) is 4.65. The van der Waals surface area contributed by atoms with Crippen LogP contribution >= 0.6 is 0 Å². The number of likely N-dealkylation sites (tertiary alicyclic amines) is 1. The average Bonchev–Trinajstić information content (AvgIpc) is 3.12. The first kappa shape index (κ1) is 25.1. The Kier molecular flexibility index (Phi) is 8.77. The van der Waals surface area contributed by atoms with Crippen LogP contribution in [-0.2, 0) is 20.8 Å². The molecule has 1 aromatic carbocycles. The zero-order valence-electron chi connectivity index (χ0n) is 19.4. The summed E-state index contributed by atoms with van der Waals surface area (Å²) in [6.45, 7) is 6.39. The van der Waals surface area contributed by atoms with Crippen molar-refractivity contribution < 1.29 is 23.2 Å². The van der Waals surface area contributed by atoms with E-state index in [0.29, 0.717) is 44.7 Å². The lowest BCUT2D eigenvalue weighted by Crippen LogP contribution is -2.54.